The Morgan fingerprint density at radius 1 is 1.30 bits per heavy atom. The number of anilines is 1. The van der Waals surface area contributed by atoms with Crippen molar-refractivity contribution in [3.63, 3.8) is 0 Å². The lowest BCUT2D eigenvalue weighted by atomic mass is 9.92. The zero-order chi connectivity index (χ0) is 14.1. The number of pyridine rings is 1. The van der Waals surface area contributed by atoms with E-state index in [1.165, 1.54) is 19.3 Å². The highest BCUT2D eigenvalue weighted by Crippen LogP contribution is 2.28. The summed E-state index contributed by atoms with van der Waals surface area (Å²) in [6, 6.07) is 2.39. The van der Waals surface area contributed by atoms with Gasteiger partial charge in [0.1, 0.15) is 0 Å². The van der Waals surface area contributed by atoms with E-state index in [0.29, 0.717) is 30.2 Å². The van der Waals surface area contributed by atoms with Crippen LogP contribution in [-0.2, 0) is 6.54 Å². The van der Waals surface area contributed by atoms with Gasteiger partial charge in [-0.2, -0.15) is 0 Å². The van der Waals surface area contributed by atoms with E-state index in [4.69, 9.17) is 0 Å². The summed E-state index contributed by atoms with van der Waals surface area (Å²) in [5, 5.41) is 3.38. The summed E-state index contributed by atoms with van der Waals surface area (Å²) in [6.45, 7) is 6.91. The third-order valence-corrected chi connectivity index (χ3v) is 4.28. The molecule has 1 aromatic rings. The van der Waals surface area contributed by atoms with Gasteiger partial charge in [-0.1, -0.05) is 13.8 Å². The molecule has 110 valence electrons. The van der Waals surface area contributed by atoms with E-state index >= 15 is 0 Å². The van der Waals surface area contributed by atoms with Crippen molar-refractivity contribution in [3.05, 3.63) is 23.6 Å². The summed E-state index contributed by atoms with van der Waals surface area (Å²) in [5.74, 6) is 1.61. The molecule has 1 aromatic heterocycles. The van der Waals surface area contributed by atoms with Gasteiger partial charge in [-0.05, 0) is 37.2 Å². The molecule has 0 aromatic carbocycles. The summed E-state index contributed by atoms with van der Waals surface area (Å²) >= 11 is 0. The molecule has 1 N–H and O–H groups in total. The molecule has 4 heteroatoms. The number of nitrogens with zero attached hydrogens (tertiary/aromatic N) is 2. The van der Waals surface area contributed by atoms with Gasteiger partial charge in [0.25, 0.3) is 0 Å². The first-order valence-electron chi connectivity index (χ1n) is 7.75. The van der Waals surface area contributed by atoms with E-state index < -0.39 is 0 Å². The van der Waals surface area contributed by atoms with Crippen molar-refractivity contribution in [3.8, 4) is 0 Å². The Morgan fingerprint density at radius 3 is 2.65 bits per heavy atom. The quantitative estimate of drug-likeness (QED) is 0.917. The van der Waals surface area contributed by atoms with Gasteiger partial charge in [0, 0.05) is 37.4 Å². The van der Waals surface area contributed by atoms with Crippen molar-refractivity contribution in [2.24, 2.45) is 11.8 Å². The molecule has 2 atom stereocenters. The van der Waals surface area contributed by atoms with Crippen molar-refractivity contribution >= 4 is 5.82 Å². The molecule has 1 aliphatic carbocycles. The third-order valence-electron chi connectivity index (χ3n) is 4.28. The Balaban J connectivity index is 1.75. The predicted molar refractivity (Wildman–Crippen MR) is 79.2 cm³/mol. The predicted octanol–water partition coefficient (Wildman–Crippen LogP) is 2.96. The highest BCUT2D eigenvalue weighted by Gasteiger charge is 2.26. The van der Waals surface area contributed by atoms with Gasteiger partial charge in [-0.25, -0.2) is 9.37 Å². The van der Waals surface area contributed by atoms with Gasteiger partial charge in [0.15, 0.2) is 11.6 Å². The van der Waals surface area contributed by atoms with Crippen molar-refractivity contribution in [1.82, 2.24) is 10.3 Å². The van der Waals surface area contributed by atoms with Crippen molar-refractivity contribution in [1.29, 1.82) is 0 Å². The minimum absolute atomic E-state index is 0.137. The average molecular weight is 277 g/mol. The maximum Gasteiger partial charge on any atom is 0.170 e. The number of hydrogen-bond acceptors (Lipinski definition) is 3. The van der Waals surface area contributed by atoms with E-state index in [1.54, 1.807) is 12.3 Å². The van der Waals surface area contributed by atoms with Crippen molar-refractivity contribution in [2.75, 3.05) is 18.0 Å². The van der Waals surface area contributed by atoms with Crippen LogP contribution in [-0.4, -0.2) is 24.1 Å². The fourth-order valence-electron chi connectivity index (χ4n) is 3.21. The second kappa shape index (κ2) is 5.68. The highest BCUT2D eigenvalue weighted by atomic mass is 19.1. The molecule has 0 spiro atoms. The Labute approximate surface area is 120 Å². The fourth-order valence-corrected chi connectivity index (χ4v) is 3.21. The van der Waals surface area contributed by atoms with Crippen molar-refractivity contribution < 1.29 is 4.39 Å². The molecule has 1 saturated carbocycles. The second-order valence-corrected chi connectivity index (χ2v) is 6.61. The van der Waals surface area contributed by atoms with E-state index in [0.717, 1.165) is 18.7 Å². The Kier molecular flexibility index (Phi) is 3.92. The third kappa shape index (κ3) is 3.11. The first-order valence-corrected chi connectivity index (χ1v) is 7.75. The summed E-state index contributed by atoms with van der Waals surface area (Å²) in [6.07, 6.45) is 5.41. The molecule has 2 unspecified atom stereocenters. The molecule has 1 saturated heterocycles. The molecule has 2 heterocycles. The lowest BCUT2D eigenvalue weighted by Gasteiger charge is -2.36. The van der Waals surface area contributed by atoms with Crippen LogP contribution in [0.5, 0.6) is 0 Å². The Hall–Kier alpha value is -1.16. The van der Waals surface area contributed by atoms with Crippen LogP contribution in [0.4, 0.5) is 10.2 Å². The number of halogens is 1. The van der Waals surface area contributed by atoms with Gasteiger partial charge in [-0.15, -0.1) is 0 Å². The molecule has 0 bridgehead atoms. The average Bonchev–Trinajstić information content (AvgIpc) is 3.20. The smallest absolute Gasteiger partial charge is 0.170 e. The van der Waals surface area contributed by atoms with Gasteiger partial charge in [0.05, 0.1) is 0 Å². The van der Waals surface area contributed by atoms with Crippen LogP contribution < -0.4 is 10.2 Å². The maximum atomic E-state index is 14.6. The zero-order valence-corrected chi connectivity index (χ0v) is 12.4. The largest absolute Gasteiger partial charge is 0.354 e. The van der Waals surface area contributed by atoms with Gasteiger partial charge in [-0.3, -0.25) is 0 Å². The first-order chi connectivity index (χ1) is 9.63. The summed E-state index contributed by atoms with van der Waals surface area (Å²) in [7, 11) is 0. The molecule has 1 aliphatic heterocycles. The first kappa shape index (κ1) is 13.8. The molecule has 0 amide bonds. The normalized spacial score (nSPS) is 26.9. The van der Waals surface area contributed by atoms with Crippen LogP contribution >= 0.6 is 0 Å². The van der Waals surface area contributed by atoms with E-state index in [2.05, 4.69) is 29.0 Å². The minimum Gasteiger partial charge on any atom is -0.354 e. The Bertz CT molecular complexity index is 463. The number of rotatable bonds is 4. The summed E-state index contributed by atoms with van der Waals surface area (Å²) < 4.78 is 14.6. The monoisotopic (exact) mass is 277 g/mol. The van der Waals surface area contributed by atoms with E-state index in [9.17, 15) is 4.39 Å². The highest BCUT2D eigenvalue weighted by molar-refractivity contribution is 5.43. The van der Waals surface area contributed by atoms with Gasteiger partial charge >= 0.3 is 0 Å². The Morgan fingerprint density at radius 2 is 2.00 bits per heavy atom. The maximum absolute atomic E-state index is 14.6. The molecular formula is C16H24FN3. The summed E-state index contributed by atoms with van der Waals surface area (Å²) in [4.78, 5) is 6.42. The van der Waals surface area contributed by atoms with Crippen LogP contribution in [0, 0.1) is 17.7 Å². The molecule has 2 fully saturated rings. The van der Waals surface area contributed by atoms with Gasteiger partial charge < -0.3 is 10.2 Å². The van der Waals surface area contributed by atoms with Gasteiger partial charge in [0.2, 0.25) is 0 Å². The van der Waals surface area contributed by atoms with E-state index in [-0.39, 0.29) is 5.82 Å². The second-order valence-electron chi connectivity index (χ2n) is 6.61. The van der Waals surface area contributed by atoms with E-state index in [1.807, 2.05) is 0 Å². The number of piperidine rings is 1. The fraction of sp³-hybridized carbons (Fsp3) is 0.688. The number of aromatic nitrogens is 1. The van der Waals surface area contributed by atoms with Crippen molar-refractivity contribution in [2.45, 2.75) is 45.7 Å². The lowest BCUT2D eigenvalue weighted by molar-refractivity contribution is 0.352. The minimum atomic E-state index is -0.137. The van der Waals surface area contributed by atoms with Crippen LogP contribution in [0.3, 0.4) is 0 Å². The number of hydrogen-bond donors (Lipinski definition) is 1. The van der Waals surface area contributed by atoms with Crippen LogP contribution in [0.15, 0.2) is 12.3 Å². The molecule has 3 rings (SSSR count). The van der Waals surface area contributed by atoms with Crippen LogP contribution in [0.2, 0.25) is 0 Å². The lowest BCUT2D eigenvalue weighted by Crippen LogP contribution is -2.39. The molecule has 3 nitrogen and oxygen atoms in total. The molecule has 0 radical (unpaired) electrons. The summed E-state index contributed by atoms with van der Waals surface area (Å²) in [5.41, 5.74) is 0.743. The van der Waals surface area contributed by atoms with Crippen LogP contribution in [0.1, 0.15) is 38.7 Å². The SMILES string of the molecule is CC1CC(C)CN(c2nccc(CNC3CC3)c2F)C1. The van der Waals surface area contributed by atoms with Crippen LogP contribution in [0.25, 0.3) is 0 Å². The number of nitrogens with one attached hydrogen (secondary N) is 1. The zero-order valence-electron chi connectivity index (χ0n) is 12.4. The molecular weight excluding hydrogens is 253 g/mol. The molecule has 20 heavy (non-hydrogen) atoms. The standard InChI is InChI=1S/C16H24FN3/c1-11-7-12(2)10-20(9-11)16-15(17)13(5-6-18-16)8-19-14-3-4-14/h5-6,11-12,14,19H,3-4,7-10H2,1-2H3. The topological polar surface area (TPSA) is 28.2 Å². The molecule has 2 aliphatic rings.